The first kappa shape index (κ1) is 23.1. The Balaban J connectivity index is 1.68. The second kappa shape index (κ2) is 11.1. The number of carbonyl (C=O) groups excluding carboxylic acids is 1. The summed E-state index contributed by atoms with van der Waals surface area (Å²) in [6.45, 7) is 4.29. The minimum atomic E-state index is -3.93. The number of sulfonamides is 1. The molecule has 1 fully saturated rings. The molecule has 1 aliphatic rings. The van der Waals surface area contributed by atoms with E-state index in [0.717, 1.165) is 43.6 Å². The van der Waals surface area contributed by atoms with E-state index in [4.69, 9.17) is 9.47 Å². The third-order valence-corrected chi connectivity index (χ3v) is 6.82. The summed E-state index contributed by atoms with van der Waals surface area (Å²) in [5.41, 5.74) is 0.367. The summed E-state index contributed by atoms with van der Waals surface area (Å²) in [6, 6.07) is 14.8. The molecule has 0 radical (unpaired) electrons. The van der Waals surface area contributed by atoms with Crippen molar-refractivity contribution in [1.82, 2.24) is 10.2 Å². The molecule has 0 aliphatic carbocycles. The monoisotopic (exact) mass is 447 g/mol. The molecule has 0 atom stereocenters. The van der Waals surface area contributed by atoms with Gasteiger partial charge in [0.2, 0.25) is 5.91 Å². The van der Waals surface area contributed by atoms with E-state index in [9.17, 15) is 13.2 Å². The van der Waals surface area contributed by atoms with Crippen molar-refractivity contribution in [3.63, 3.8) is 0 Å². The lowest BCUT2D eigenvalue weighted by Gasteiger charge is -2.26. The summed E-state index contributed by atoms with van der Waals surface area (Å²) >= 11 is 0. The molecule has 3 rings (SSSR count). The molecular weight excluding hydrogens is 418 g/mol. The maximum atomic E-state index is 13.3. The number of nitrogens with zero attached hydrogens (tertiary/aromatic N) is 2. The zero-order valence-corrected chi connectivity index (χ0v) is 18.5. The Labute approximate surface area is 183 Å². The van der Waals surface area contributed by atoms with Gasteiger partial charge in [-0.15, -0.1) is 0 Å². The lowest BCUT2D eigenvalue weighted by Crippen LogP contribution is -2.42. The largest absolute Gasteiger partial charge is 0.497 e. The van der Waals surface area contributed by atoms with Crippen molar-refractivity contribution >= 4 is 21.6 Å². The van der Waals surface area contributed by atoms with E-state index in [0.29, 0.717) is 18.0 Å². The molecule has 9 heteroatoms. The topological polar surface area (TPSA) is 88.2 Å². The van der Waals surface area contributed by atoms with Crippen LogP contribution in [0.3, 0.4) is 0 Å². The van der Waals surface area contributed by atoms with Gasteiger partial charge < -0.3 is 14.8 Å². The highest BCUT2D eigenvalue weighted by molar-refractivity contribution is 7.92. The zero-order valence-electron chi connectivity index (χ0n) is 17.7. The van der Waals surface area contributed by atoms with Gasteiger partial charge in [-0.25, -0.2) is 8.42 Å². The number of carbonyl (C=O) groups is 1. The Hall–Kier alpha value is -2.62. The molecular formula is C22H29N3O5S. The van der Waals surface area contributed by atoms with Crippen LogP contribution in [0.4, 0.5) is 5.69 Å². The molecule has 0 bridgehead atoms. The van der Waals surface area contributed by atoms with E-state index in [-0.39, 0.29) is 17.3 Å². The third-order valence-electron chi connectivity index (χ3n) is 5.04. The predicted molar refractivity (Wildman–Crippen MR) is 119 cm³/mol. The number of hydrogen-bond donors (Lipinski definition) is 1. The Bertz CT molecular complexity index is 947. The highest BCUT2D eigenvalue weighted by Gasteiger charge is 2.27. The van der Waals surface area contributed by atoms with Crippen molar-refractivity contribution in [1.29, 1.82) is 0 Å². The Morgan fingerprint density at radius 3 is 2.58 bits per heavy atom. The van der Waals surface area contributed by atoms with Gasteiger partial charge in [-0.3, -0.25) is 14.0 Å². The number of anilines is 1. The van der Waals surface area contributed by atoms with Crippen LogP contribution in [0.15, 0.2) is 59.5 Å². The summed E-state index contributed by atoms with van der Waals surface area (Å²) in [7, 11) is -2.42. The molecule has 31 heavy (non-hydrogen) atoms. The van der Waals surface area contributed by atoms with Crippen molar-refractivity contribution in [3.05, 3.63) is 54.6 Å². The summed E-state index contributed by atoms with van der Waals surface area (Å²) in [4.78, 5) is 15.0. The van der Waals surface area contributed by atoms with Gasteiger partial charge >= 0.3 is 0 Å². The summed E-state index contributed by atoms with van der Waals surface area (Å²) in [6.07, 6.45) is 0.788. The van der Waals surface area contributed by atoms with E-state index >= 15 is 0 Å². The molecule has 1 amide bonds. The van der Waals surface area contributed by atoms with Crippen LogP contribution in [0.5, 0.6) is 5.75 Å². The molecule has 1 saturated heterocycles. The van der Waals surface area contributed by atoms with Crippen LogP contribution < -0.4 is 14.4 Å². The van der Waals surface area contributed by atoms with Crippen LogP contribution in [0.1, 0.15) is 6.42 Å². The van der Waals surface area contributed by atoms with Gasteiger partial charge in [0.05, 0.1) is 30.9 Å². The minimum Gasteiger partial charge on any atom is -0.497 e. The van der Waals surface area contributed by atoms with Crippen LogP contribution in [0, 0.1) is 0 Å². The van der Waals surface area contributed by atoms with Crippen LogP contribution in [-0.4, -0.2) is 72.3 Å². The molecule has 1 aliphatic heterocycles. The van der Waals surface area contributed by atoms with Crippen LogP contribution >= 0.6 is 0 Å². The smallest absolute Gasteiger partial charge is 0.264 e. The maximum absolute atomic E-state index is 13.3. The highest BCUT2D eigenvalue weighted by atomic mass is 32.2. The van der Waals surface area contributed by atoms with Gasteiger partial charge in [0.25, 0.3) is 10.0 Å². The van der Waals surface area contributed by atoms with Gasteiger partial charge in [0.1, 0.15) is 12.3 Å². The number of benzene rings is 2. The number of nitrogens with one attached hydrogen (secondary N) is 1. The first-order valence-electron chi connectivity index (χ1n) is 10.3. The first-order chi connectivity index (χ1) is 15.0. The highest BCUT2D eigenvalue weighted by Crippen LogP contribution is 2.26. The number of hydrogen-bond acceptors (Lipinski definition) is 6. The summed E-state index contributed by atoms with van der Waals surface area (Å²) < 4.78 is 38.3. The average molecular weight is 448 g/mol. The van der Waals surface area contributed by atoms with Crippen LogP contribution in [-0.2, 0) is 19.6 Å². The van der Waals surface area contributed by atoms with E-state index in [1.165, 1.54) is 19.2 Å². The SMILES string of the molecule is COc1cccc(N(CC(=O)NCCCN2CCOCC2)S(=O)(=O)c2ccccc2)c1. The lowest BCUT2D eigenvalue weighted by atomic mass is 10.3. The minimum absolute atomic E-state index is 0.123. The first-order valence-corrected chi connectivity index (χ1v) is 11.7. The van der Waals surface area contributed by atoms with Crippen molar-refractivity contribution in [2.75, 3.05) is 57.4 Å². The number of methoxy groups -OCH3 is 1. The van der Waals surface area contributed by atoms with Gasteiger partial charge in [-0.05, 0) is 37.2 Å². The summed E-state index contributed by atoms with van der Waals surface area (Å²) in [5, 5.41) is 2.84. The quantitative estimate of drug-likeness (QED) is 0.558. The normalized spacial score (nSPS) is 14.7. The molecule has 0 saturated carbocycles. The average Bonchev–Trinajstić information content (AvgIpc) is 2.81. The molecule has 1 heterocycles. The van der Waals surface area contributed by atoms with Crippen molar-refractivity contribution < 1.29 is 22.7 Å². The molecule has 0 unspecified atom stereocenters. The zero-order chi connectivity index (χ0) is 22.1. The fraction of sp³-hybridized carbons (Fsp3) is 0.409. The standard InChI is InChI=1S/C22H29N3O5S/c1-29-20-8-5-7-19(17-20)25(31(27,28)21-9-3-2-4-10-21)18-22(26)23-11-6-12-24-13-15-30-16-14-24/h2-5,7-10,17H,6,11-16,18H2,1H3,(H,23,26). The number of rotatable bonds is 10. The van der Waals surface area contributed by atoms with E-state index in [1.54, 1.807) is 42.5 Å². The van der Waals surface area contributed by atoms with Gasteiger partial charge in [0, 0.05) is 25.7 Å². The number of amides is 1. The van der Waals surface area contributed by atoms with Crippen LogP contribution in [0.25, 0.3) is 0 Å². The molecule has 0 aromatic heterocycles. The van der Waals surface area contributed by atoms with Gasteiger partial charge in [-0.2, -0.15) is 0 Å². The Kier molecular flexibility index (Phi) is 8.27. The second-order valence-corrected chi connectivity index (χ2v) is 9.05. The molecule has 2 aromatic rings. The van der Waals surface area contributed by atoms with Gasteiger partial charge in [-0.1, -0.05) is 24.3 Å². The third kappa shape index (κ3) is 6.43. The predicted octanol–water partition coefficient (Wildman–Crippen LogP) is 1.73. The second-order valence-electron chi connectivity index (χ2n) is 7.18. The number of ether oxygens (including phenoxy) is 2. The van der Waals surface area contributed by atoms with Crippen LogP contribution in [0.2, 0.25) is 0 Å². The van der Waals surface area contributed by atoms with Crippen molar-refractivity contribution in [2.24, 2.45) is 0 Å². The molecule has 1 N–H and O–H groups in total. The molecule has 2 aromatic carbocycles. The fourth-order valence-corrected chi connectivity index (χ4v) is 4.78. The maximum Gasteiger partial charge on any atom is 0.264 e. The Morgan fingerprint density at radius 2 is 1.87 bits per heavy atom. The van der Waals surface area contributed by atoms with E-state index < -0.39 is 10.0 Å². The Morgan fingerprint density at radius 1 is 1.13 bits per heavy atom. The fourth-order valence-electron chi connectivity index (χ4n) is 3.34. The molecule has 0 spiro atoms. The number of morpholine rings is 1. The van der Waals surface area contributed by atoms with Crippen molar-refractivity contribution in [3.8, 4) is 5.75 Å². The summed E-state index contributed by atoms with van der Waals surface area (Å²) in [5.74, 6) is 0.154. The van der Waals surface area contributed by atoms with E-state index in [2.05, 4.69) is 10.2 Å². The molecule has 8 nitrogen and oxygen atoms in total. The lowest BCUT2D eigenvalue weighted by molar-refractivity contribution is -0.119. The van der Waals surface area contributed by atoms with Gasteiger partial charge in [0.15, 0.2) is 0 Å². The molecule has 168 valence electrons. The van der Waals surface area contributed by atoms with Crippen molar-refractivity contribution in [2.45, 2.75) is 11.3 Å². The van der Waals surface area contributed by atoms with E-state index in [1.807, 2.05) is 0 Å².